The van der Waals surface area contributed by atoms with E-state index in [1.165, 1.54) is 0 Å². The van der Waals surface area contributed by atoms with Crippen LogP contribution in [0, 0.1) is 37.5 Å². The smallest absolute Gasteiger partial charge is 0.256 e. The molecule has 4 atom stereocenters. The molecular formula is C28H34N2O3. The second-order valence-electron chi connectivity index (χ2n) is 10.4. The predicted molar refractivity (Wildman–Crippen MR) is 128 cm³/mol. The molecule has 0 spiro atoms. The first-order valence-electron chi connectivity index (χ1n) is 12.3. The Kier molecular flexibility index (Phi) is 5.77. The van der Waals surface area contributed by atoms with Crippen LogP contribution in [0.3, 0.4) is 0 Å². The lowest BCUT2D eigenvalue weighted by molar-refractivity contribution is -0.147. The molecule has 174 valence electrons. The molecule has 2 amide bonds. The first-order chi connectivity index (χ1) is 15.9. The number of hydrogen-bond donors (Lipinski definition) is 2. The van der Waals surface area contributed by atoms with Crippen LogP contribution in [-0.2, 0) is 10.4 Å². The van der Waals surface area contributed by atoms with E-state index in [0.717, 1.165) is 55.5 Å². The quantitative estimate of drug-likeness (QED) is 0.709. The van der Waals surface area contributed by atoms with Crippen molar-refractivity contribution in [1.29, 1.82) is 0 Å². The highest BCUT2D eigenvalue weighted by atomic mass is 16.3. The van der Waals surface area contributed by atoms with Gasteiger partial charge in [-0.15, -0.1) is 0 Å². The molecule has 2 aliphatic carbocycles. The van der Waals surface area contributed by atoms with Gasteiger partial charge in [-0.3, -0.25) is 9.59 Å². The Hall–Kier alpha value is -2.66. The number of amides is 2. The maximum atomic E-state index is 13.3. The van der Waals surface area contributed by atoms with Gasteiger partial charge < -0.3 is 15.3 Å². The molecule has 33 heavy (non-hydrogen) atoms. The van der Waals surface area contributed by atoms with Gasteiger partial charge in [0.05, 0.1) is 0 Å². The number of nitrogens with zero attached hydrogens (tertiary/aromatic N) is 1. The van der Waals surface area contributed by atoms with E-state index in [2.05, 4.69) is 11.4 Å². The number of aryl methyl sites for hydroxylation is 2. The van der Waals surface area contributed by atoms with Crippen molar-refractivity contribution in [3.8, 4) is 0 Å². The van der Waals surface area contributed by atoms with Gasteiger partial charge in [-0.25, -0.2) is 0 Å². The standard InChI is InChI=1S/C28H34N2O3/c1-18-12-19(2)14-20(13-18)26(31)30-16-24-23(25(24)17-30)15-29-27(32)28(33,22-10-6-7-11-22)21-8-4-3-5-9-21/h3-5,8-9,12-14,22-25,33H,6-7,10-11,15-17H2,1-2H3,(H,29,32)/t23?,24-,25?,28?/m1/s1. The van der Waals surface area contributed by atoms with Gasteiger partial charge in [0.1, 0.15) is 0 Å². The Labute approximate surface area is 196 Å². The molecule has 5 heteroatoms. The molecule has 1 saturated heterocycles. The van der Waals surface area contributed by atoms with E-state index >= 15 is 0 Å². The minimum absolute atomic E-state index is 0.0375. The van der Waals surface area contributed by atoms with Crippen LogP contribution in [0.25, 0.3) is 0 Å². The number of carbonyl (C=O) groups is 2. The Morgan fingerprint density at radius 1 is 1.00 bits per heavy atom. The summed E-state index contributed by atoms with van der Waals surface area (Å²) in [6.45, 7) is 6.12. The first-order valence-corrected chi connectivity index (χ1v) is 12.3. The Morgan fingerprint density at radius 2 is 1.61 bits per heavy atom. The van der Waals surface area contributed by atoms with Crippen molar-refractivity contribution >= 4 is 11.8 Å². The van der Waals surface area contributed by atoms with Gasteiger partial charge in [0.15, 0.2) is 5.60 Å². The van der Waals surface area contributed by atoms with E-state index in [4.69, 9.17) is 0 Å². The summed E-state index contributed by atoms with van der Waals surface area (Å²) in [4.78, 5) is 28.2. The average Bonchev–Trinajstić information content (AvgIpc) is 3.22. The van der Waals surface area contributed by atoms with Crippen molar-refractivity contribution in [2.24, 2.45) is 23.7 Å². The van der Waals surface area contributed by atoms with Gasteiger partial charge in [-0.2, -0.15) is 0 Å². The molecule has 2 N–H and O–H groups in total. The monoisotopic (exact) mass is 446 g/mol. The highest BCUT2D eigenvalue weighted by Gasteiger charge is 2.57. The number of benzene rings is 2. The van der Waals surface area contributed by atoms with E-state index in [-0.39, 0.29) is 17.7 Å². The van der Waals surface area contributed by atoms with Crippen LogP contribution >= 0.6 is 0 Å². The zero-order valence-corrected chi connectivity index (χ0v) is 19.6. The van der Waals surface area contributed by atoms with Gasteiger partial charge in [-0.1, -0.05) is 60.4 Å². The average molecular weight is 447 g/mol. The SMILES string of the molecule is Cc1cc(C)cc(C(=O)N2CC3C(CNC(=O)C(O)(c4ccccc4)C4CCCC4)[C@H]3C2)c1. The predicted octanol–water partition coefficient (Wildman–Crippen LogP) is 3.82. The van der Waals surface area contributed by atoms with Crippen molar-refractivity contribution in [2.45, 2.75) is 45.1 Å². The van der Waals surface area contributed by atoms with Crippen molar-refractivity contribution in [2.75, 3.05) is 19.6 Å². The lowest BCUT2D eigenvalue weighted by Gasteiger charge is -2.33. The Balaban J connectivity index is 1.19. The lowest BCUT2D eigenvalue weighted by atomic mass is 9.79. The molecule has 0 radical (unpaired) electrons. The lowest BCUT2D eigenvalue weighted by Crippen LogP contribution is -2.49. The van der Waals surface area contributed by atoms with Gasteiger partial charge in [-0.05, 0) is 62.1 Å². The molecule has 2 saturated carbocycles. The molecule has 1 heterocycles. The maximum Gasteiger partial charge on any atom is 0.256 e. The third-order valence-corrected chi connectivity index (χ3v) is 8.13. The van der Waals surface area contributed by atoms with Crippen molar-refractivity contribution in [3.63, 3.8) is 0 Å². The second kappa shape index (κ2) is 8.60. The fraction of sp³-hybridized carbons (Fsp3) is 0.500. The molecule has 2 aromatic rings. The van der Waals surface area contributed by atoms with Gasteiger partial charge in [0.2, 0.25) is 0 Å². The van der Waals surface area contributed by atoms with Gasteiger partial charge in [0.25, 0.3) is 11.8 Å². The minimum Gasteiger partial charge on any atom is -0.375 e. The normalized spacial score (nSPS) is 26.0. The van der Waals surface area contributed by atoms with Crippen LogP contribution in [0.5, 0.6) is 0 Å². The third-order valence-electron chi connectivity index (χ3n) is 8.13. The van der Waals surface area contributed by atoms with E-state index in [1.54, 1.807) is 0 Å². The van der Waals surface area contributed by atoms with E-state index in [1.807, 2.05) is 61.2 Å². The number of likely N-dealkylation sites (tertiary alicyclic amines) is 1. The second-order valence-corrected chi connectivity index (χ2v) is 10.4. The van der Waals surface area contributed by atoms with E-state index < -0.39 is 5.60 Å². The summed E-state index contributed by atoms with van der Waals surface area (Å²) in [5.41, 5.74) is 2.21. The molecular weight excluding hydrogens is 412 g/mol. The molecule has 3 unspecified atom stereocenters. The summed E-state index contributed by atoms with van der Waals surface area (Å²) in [6, 6.07) is 15.4. The summed E-state index contributed by atoms with van der Waals surface area (Å²) < 4.78 is 0. The Bertz CT molecular complexity index is 1010. The van der Waals surface area contributed by atoms with E-state index in [9.17, 15) is 14.7 Å². The molecule has 0 aromatic heterocycles. The number of rotatable bonds is 6. The number of fused-ring (bicyclic) bond motifs is 1. The van der Waals surface area contributed by atoms with Crippen LogP contribution < -0.4 is 5.32 Å². The Morgan fingerprint density at radius 3 is 2.21 bits per heavy atom. The first kappa shape index (κ1) is 22.1. The van der Waals surface area contributed by atoms with Gasteiger partial charge in [0, 0.05) is 31.1 Å². The molecule has 3 aliphatic rings. The number of piperidine rings is 1. The summed E-state index contributed by atoms with van der Waals surface area (Å²) in [5, 5.41) is 14.7. The number of hydrogen-bond acceptors (Lipinski definition) is 3. The van der Waals surface area contributed by atoms with Gasteiger partial charge >= 0.3 is 0 Å². The zero-order chi connectivity index (χ0) is 23.2. The van der Waals surface area contributed by atoms with Crippen molar-refractivity contribution < 1.29 is 14.7 Å². The minimum atomic E-state index is -1.47. The van der Waals surface area contributed by atoms with Crippen LogP contribution in [0.2, 0.25) is 0 Å². The molecule has 3 fully saturated rings. The molecule has 5 nitrogen and oxygen atoms in total. The summed E-state index contributed by atoms with van der Waals surface area (Å²) >= 11 is 0. The third kappa shape index (κ3) is 4.08. The van der Waals surface area contributed by atoms with Crippen LogP contribution in [0.4, 0.5) is 0 Å². The molecule has 0 bridgehead atoms. The highest BCUT2D eigenvalue weighted by Crippen LogP contribution is 2.51. The topological polar surface area (TPSA) is 69.6 Å². The maximum absolute atomic E-state index is 13.3. The fourth-order valence-electron chi connectivity index (χ4n) is 6.33. The van der Waals surface area contributed by atoms with Crippen molar-refractivity contribution in [1.82, 2.24) is 10.2 Å². The van der Waals surface area contributed by atoms with Crippen LogP contribution in [0.1, 0.15) is 52.7 Å². The largest absolute Gasteiger partial charge is 0.375 e. The number of aliphatic hydroxyl groups is 1. The summed E-state index contributed by atoms with van der Waals surface area (Å²) in [7, 11) is 0. The zero-order valence-electron chi connectivity index (χ0n) is 19.6. The number of nitrogens with one attached hydrogen (secondary N) is 1. The highest BCUT2D eigenvalue weighted by molar-refractivity contribution is 5.95. The van der Waals surface area contributed by atoms with Crippen LogP contribution in [-0.4, -0.2) is 41.5 Å². The fourth-order valence-corrected chi connectivity index (χ4v) is 6.33. The molecule has 2 aromatic carbocycles. The molecule has 1 aliphatic heterocycles. The van der Waals surface area contributed by atoms with Crippen LogP contribution in [0.15, 0.2) is 48.5 Å². The van der Waals surface area contributed by atoms with E-state index in [0.29, 0.717) is 29.9 Å². The number of carbonyl (C=O) groups excluding carboxylic acids is 2. The van der Waals surface area contributed by atoms with Crippen molar-refractivity contribution in [3.05, 3.63) is 70.8 Å². The summed E-state index contributed by atoms with van der Waals surface area (Å²) in [6.07, 6.45) is 3.88. The summed E-state index contributed by atoms with van der Waals surface area (Å²) in [5.74, 6) is 1.07. The molecule has 5 rings (SSSR count).